The second-order valence-electron chi connectivity index (χ2n) is 10.1. The van der Waals surface area contributed by atoms with Crippen molar-refractivity contribution in [2.45, 2.75) is 64.2 Å². The van der Waals surface area contributed by atoms with Crippen LogP contribution in [-0.2, 0) is 17.8 Å². The van der Waals surface area contributed by atoms with Gasteiger partial charge in [-0.25, -0.2) is 17.9 Å². The number of carbonyl (C=O) groups is 2. The Hall–Kier alpha value is -2.90. The SMILES string of the molecule is COc1ccc(F)c(F)c1CN(C)C(=O)c1nn(-c2ccc(F)cc2)c(CCC(O)CC(O)CC(=O)[O-])c1C(C)C.[Na+]. The molecule has 222 valence electrons. The number of aliphatic hydroxyl groups excluding tert-OH is 2. The molecule has 0 aliphatic heterocycles. The van der Waals surface area contributed by atoms with Crippen LogP contribution in [0.2, 0.25) is 0 Å². The quantitative estimate of drug-likeness (QED) is 0.263. The predicted octanol–water partition coefficient (Wildman–Crippen LogP) is -0.118. The van der Waals surface area contributed by atoms with Crippen molar-refractivity contribution in [3.8, 4) is 11.4 Å². The minimum atomic E-state index is -1.44. The van der Waals surface area contributed by atoms with Crippen LogP contribution in [0.25, 0.3) is 5.69 Å². The van der Waals surface area contributed by atoms with Gasteiger partial charge in [0, 0.05) is 30.7 Å². The molecule has 0 fully saturated rings. The molecule has 0 bridgehead atoms. The standard InChI is InChI=1S/C29H34F3N3O6.Na/c1-16(2)26-23(11-9-19(36)13-20(37)14-25(38)39)35(18-7-5-17(30)6-8-18)33-28(26)29(40)34(3)15-21-24(41-4)12-10-22(31)27(21)32;/h5-8,10,12,16,19-20,36-37H,9,11,13-15H2,1-4H3,(H,38,39);/q;+1/p-1. The molecular weight excluding hydrogens is 566 g/mol. The smallest absolute Gasteiger partial charge is 0.550 e. The molecule has 0 saturated carbocycles. The summed E-state index contributed by atoms with van der Waals surface area (Å²) in [4.78, 5) is 25.6. The van der Waals surface area contributed by atoms with E-state index >= 15 is 0 Å². The predicted molar refractivity (Wildman–Crippen MR) is 141 cm³/mol. The monoisotopic (exact) mass is 599 g/mol. The number of methoxy groups -OCH3 is 1. The van der Waals surface area contributed by atoms with Crippen molar-refractivity contribution in [1.82, 2.24) is 14.7 Å². The summed E-state index contributed by atoms with van der Waals surface area (Å²) in [6.45, 7) is 3.35. The number of aromatic nitrogens is 2. The summed E-state index contributed by atoms with van der Waals surface area (Å²) in [6, 6.07) is 7.60. The van der Waals surface area contributed by atoms with Gasteiger partial charge < -0.3 is 29.8 Å². The molecule has 3 aromatic rings. The van der Waals surface area contributed by atoms with Crippen LogP contribution in [0, 0.1) is 17.5 Å². The number of hydrogen-bond acceptors (Lipinski definition) is 7. The molecule has 2 unspecified atom stereocenters. The molecule has 2 aromatic carbocycles. The van der Waals surface area contributed by atoms with Crippen LogP contribution in [0.3, 0.4) is 0 Å². The summed E-state index contributed by atoms with van der Waals surface area (Å²) in [7, 11) is 2.72. The Morgan fingerprint density at radius 3 is 2.29 bits per heavy atom. The van der Waals surface area contributed by atoms with Gasteiger partial charge in [0.1, 0.15) is 11.6 Å². The van der Waals surface area contributed by atoms with E-state index in [4.69, 9.17) is 4.74 Å². The van der Waals surface area contributed by atoms with Gasteiger partial charge in [0.15, 0.2) is 17.3 Å². The van der Waals surface area contributed by atoms with Crippen molar-refractivity contribution in [2.24, 2.45) is 0 Å². The number of nitrogens with zero attached hydrogens (tertiary/aromatic N) is 3. The fourth-order valence-corrected chi connectivity index (χ4v) is 4.68. The van der Waals surface area contributed by atoms with E-state index < -0.39 is 48.0 Å². The molecule has 1 heterocycles. The molecule has 0 aliphatic rings. The van der Waals surface area contributed by atoms with Gasteiger partial charge >= 0.3 is 29.6 Å². The Morgan fingerprint density at radius 1 is 1.07 bits per heavy atom. The van der Waals surface area contributed by atoms with Gasteiger partial charge in [0.2, 0.25) is 0 Å². The minimum Gasteiger partial charge on any atom is -0.550 e. The maximum Gasteiger partial charge on any atom is 1.00 e. The number of carbonyl (C=O) groups excluding carboxylic acids is 2. The number of aliphatic hydroxyl groups is 2. The number of hydrogen-bond donors (Lipinski definition) is 2. The first-order valence-corrected chi connectivity index (χ1v) is 13.0. The third-order valence-corrected chi connectivity index (χ3v) is 6.65. The Balaban J connectivity index is 0.00000616. The van der Waals surface area contributed by atoms with Gasteiger partial charge in [-0.15, -0.1) is 0 Å². The van der Waals surface area contributed by atoms with Gasteiger partial charge in [-0.05, 0) is 61.6 Å². The van der Waals surface area contributed by atoms with Crippen LogP contribution >= 0.6 is 0 Å². The number of halogens is 3. The number of rotatable bonds is 13. The summed E-state index contributed by atoms with van der Waals surface area (Å²) in [6.07, 6.45) is -2.94. The average molecular weight is 600 g/mol. The maximum atomic E-state index is 14.6. The van der Waals surface area contributed by atoms with Crippen LogP contribution in [0.1, 0.15) is 66.3 Å². The molecule has 0 aliphatic carbocycles. The van der Waals surface area contributed by atoms with Gasteiger partial charge in [0.05, 0.1) is 37.1 Å². The Labute approximate surface area is 264 Å². The van der Waals surface area contributed by atoms with E-state index in [1.165, 1.54) is 54.1 Å². The van der Waals surface area contributed by atoms with Gasteiger partial charge in [-0.1, -0.05) is 13.8 Å². The van der Waals surface area contributed by atoms with Crippen molar-refractivity contribution in [1.29, 1.82) is 0 Å². The first kappa shape index (κ1) is 35.3. The van der Waals surface area contributed by atoms with Crippen molar-refractivity contribution in [3.05, 3.63) is 76.4 Å². The molecule has 0 radical (unpaired) electrons. The van der Waals surface area contributed by atoms with Crippen LogP contribution < -0.4 is 39.4 Å². The molecular formula is C29H33F3N3NaO6. The van der Waals surface area contributed by atoms with E-state index in [0.717, 1.165) is 6.07 Å². The Morgan fingerprint density at radius 2 is 1.71 bits per heavy atom. The zero-order valence-electron chi connectivity index (χ0n) is 24.2. The van der Waals surface area contributed by atoms with Gasteiger partial charge in [-0.2, -0.15) is 5.10 Å². The van der Waals surface area contributed by atoms with Crippen LogP contribution in [0.15, 0.2) is 36.4 Å². The van der Waals surface area contributed by atoms with Crippen molar-refractivity contribution >= 4 is 11.9 Å². The molecule has 9 nitrogen and oxygen atoms in total. The first-order chi connectivity index (χ1) is 19.3. The molecule has 42 heavy (non-hydrogen) atoms. The molecule has 3 rings (SSSR count). The van der Waals surface area contributed by atoms with E-state index in [2.05, 4.69) is 5.10 Å². The molecule has 0 saturated heterocycles. The normalized spacial score (nSPS) is 12.5. The molecule has 2 N–H and O–H groups in total. The van der Waals surface area contributed by atoms with Gasteiger partial charge in [-0.3, -0.25) is 4.79 Å². The number of carboxylic acids is 1. The van der Waals surface area contributed by atoms with E-state index in [9.17, 15) is 38.1 Å². The number of aliphatic carboxylic acids is 1. The average Bonchev–Trinajstić information content (AvgIpc) is 3.29. The summed E-state index contributed by atoms with van der Waals surface area (Å²) < 4.78 is 48.9. The topological polar surface area (TPSA) is 128 Å². The molecule has 13 heteroatoms. The second-order valence-corrected chi connectivity index (χ2v) is 10.1. The fraction of sp³-hybridized carbons (Fsp3) is 0.414. The van der Waals surface area contributed by atoms with E-state index in [0.29, 0.717) is 16.9 Å². The number of benzene rings is 2. The largest absolute Gasteiger partial charge is 1.00 e. The number of carboxylic acid groups (broad SMARTS) is 1. The van der Waals surface area contributed by atoms with Crippen molar-refractivity contribution in [3.63, 3.8) is 0 Å². The summed E-state index contributed by atoms with van der Waals surface area (Å²) >= 11 is 0. The van der Waals surface area contributed by atoms with E-state index in [1.807, 2.05) is 13.8 Å². The Kier molecular flexibility index (Phi) is 13.1. The third kappa shape index (κ3) is 8.57. The number of amides is 1. The molecule has 1 aromatic heterocycles. The fourth-order valence-electron chi connectivity index (χ4n) is 4.68. The molecule has 0 spiro atoms. The first-order valence-electron chi connectivity index (χ1n) is 13.0. The maximum absolute atomic E-state index is 14.6. The van der Waals surface area contributed by atoms with Crippen LogP contribution in [-0.4, -0.2) is 63.1 Å². The summed E-state index contributed by atoms with van der Waals surface area (Å²) in [5.74, 6) is -4.93. The minimum absolute atomic E-state index is 0. The van der Waals surface area contributed by atoms with E-state index in [-0.39, 0.29) is 78.3 Å². The van der Waals surface area contributed by atoms with Gasteiger partial charge in [0.25, 0.3) is 5.91 Å². The summed E-state index contributed by atoms with van der Waals surface area (Å²) in [5.41, 5.74) is 1.39. The summed E-state index contributed by atoms with van der Waals surface area (Å²) in [5, 5.41) is 35.7. The van der Waals surface area contributed by atoms with Crippen LogP contribution in [0.4, 0.5) is 13.2 Å². The Bertz CT molecular complexity index is 1380. The van der Waals surface area contributed by atoms with E-state index in [1.54, 1.807) is 0 Å². The molecule has 2 atom stereocenters. The van der Waals surface area contributed by atoms with Crippen molar-refractivity contribution < 1.29 is 72.4 Å². The zero-order chi connectivity index (χ0) is 30.4. The van der Waals surface area contributed by atoms with Crippen molar-refractivity contribution in [2.75, 3.05) is 14.2 Å². The third-order valence-electron chi connectivity index (χ3n) is 6.65. The number of ether oxygens (including phenoxy) is 1. The zero-order valence-corrected chi connectivity index (χ0v) is 26.2. The molecule has 1 amide bonds. The second kappa shape index (κ2) is 15.5. The van der Waals surface area contributed by atoms with Crippen LogP contribution in [0.5, 0.6) is 5.75 Å².